The third-order valence-corrected chi connectivity index (χ3v) is 4.88. The summed E-state index contributed by atoms with van der Waals surface area (Å²) in [5.41, 5.74) is 1.99. The Labute approximate surface area is 162 Å². The van der Waals surface area contributed by atoms with E-state index in [9.17, 15) is 4.39 Å². The molecule has 0 N–H and O–H groups in total. The number of nitrogens with zero attached hydrogens (tertiary/aromatic N) is 6. The lowest BCUT2D eigenvalue weighted by Gasteiger charge is -2.34. The number of hydrogen-bond donors (Lipinski definition) is 0. The van der Waals surface area contributed by atoms with E-state index in [1.165, 1.54) is 17.7 Å². The summed E-state index contributed by atoms with van der Waals surface area (Å²) >= 11 is 6.06. The normalized spacial score (nSPS) is 15.9. The maximum absolute atomic E-state index is 13.0. The van der Waals surface area contributed by atoms with Crippen molar-refractivity contribution in [2.24, 2.45) is 0 Å². The molecule has 4 rings (SSSR count). The van der Waals surface area contributed by atoms with Gasteiger partial charge in [-0.2, -0.15) is 0 Å². The van der Waals surface area contributed by atoms with Gasteiger partial charge in [0, 0.05) is 43.3 Å². The smallest absolute Gasteiger partial charge is 0.204 e. The van der Waals surface area contributed by atoms with Crippen molar-refractivity contribution in [2.75, 3.05) is 26.2 Å². The molecule has 0 spiro atoms. The summed E-state index contributed by atoms with van der Waals surface area (Å²) in [6.45, 7) is 5.34. The zero-order valence-corrected chi connectivity index (χ0v) is 15.6. The molecule has 3 aromatic rings. The molecule has 1 fully saturated rings. The highest BCUT2D eigenvalue weighted by molar-refractivity contribution is 6.30. The molecule has 0 saturated carbocycles. The van der Waals surface area contributed by atoms with E-state index in [-0.39, 0.29) is 5.82 Å². The average Bonchev–Trinajstić information content (AvgIpc) is 3.12. The molecule has 27 heavy (non-hydrogen) atoms. The number of benzene rings is 2. The average molecular weight is 387 g/mol. The molecule has 8 heteroatoms. The van der Waals surface area contributed by atoms with Gasteiger partial charge in [-0.05, 0) is 47.2 Å². The number of piperazine rings is 1. The predicted molar refractivity (Wildman–Crippen MR) is 102 cm³/mol. The van der Waals surface area contributed by atoms with Gasteiger partial charge in [0.15, 0.2) is 0 Å². The molecule has 2 aromatic carbocycles. The second-order valence-electron chi connectivity index (χ2n) is 6.66. The lowest BCUT2D eigenvalue weighted by Crippen LogP contribution is -2.46. The van der Waals surface area contributed by atoms with Crippen LogP contribution < -0.4 is 0 Å². The molecule has 1 aromatic heterocycles. The van der Waals surface area contributed by atoms with Crippen molar-refractivity contribution in [3.05, 3.63) is 64.9 Å². The maximum Gasteiger partial charge on any atom is 0.204 e. The first-order valence-corrected chi connectivity index (χ1v) is 9.26. The summed E-state index contributed by atoms with van der Waals surface area (Å²) in [4.78, 5) is 6.30. The van der Waals surface area contributed by atoms with Crippen LogP contribution in [0.5, 0.6) is 0 Å². The van der Waals surface area contributed by atoms with Crippen LogP contribution in [0.1, 0.15) is 5.56 Å². The molecule has 0 aliphatic carbocycles. The summed E-state index contributed by atoms with van der Waals surface area (Å²) in [6.07, 6.45) is 0. The van der Waals surface area contributed by atoms with Crippen LogP contribution in [0.2, 0.25) is 5.02 Å². The van der Waals surface area contributed by atoms with Crippen molar-refractivity contribution < 1.29 is 4.39 Å². The largest absolute Gasteiger partial charge is 0.297 e. The summed E-state index contributed by atoms with van der Waals surface area (Å²) < 4.78 is 13.0. The van der Waals surface area contributed by atoms with Crippen LogP contribution in [0.3, 0.4) is 0 Å². The second-order valence-corrected chi connectivity index (χ2v) is 7.09. The Morgan fingerprint density at radius 2 is 1.70 bits per heavy atom. The minimum atomic E-state index is -0.276. The summed E-state index contributed by atoms with van der Waals surface area (Å²) in [7, 11) is 0. The Morgan fingerprint density at radius 3 is 2.44 bits per heavy atom. The number of tetrazole rings is 1. The van der Waals surface area contributed by atoms with Crippen LogP contribution in [0.25, 0.3) is 11.4 Å². The van der Waals surface area contributed by atoms with Crippen molar-refractivity contribution in [1.82, 2.24) is 30.0 Å². The third-order valence-electron chi connectivity index (χ3n) is 4.64. The van der Waals surface area contributed by atoms with Crippen molar-refractivity contribution in [3.8, 4) is 11.4 Å². The molecule has 0 amide bonds. The van der Waals surface area contributed by atoms with E-state index in [2.05, 4.69) is 31.3 Å². The van der Waals surface area contributed by atoms with Gasteiger partial charge in [0.2, 0.25) is 5.82 Å². The SMILES string of the molecule is Fc1ccc(-c2nnn(CN3CCN(Cc4cccc(Cl)c4)CC3)n2)cc1. The van der Waals surface area contributed by atoms with Crippen LogP contribution in [0, 0.1) is 5.82 Å². The first-order valence-electron chi connectivity index (χ1n) is 8.89. The van der Waals surface area contributed by atoms with Crippen LogP contribution in [0.4, 0.5) is 4.39 Å². The minimum absolute atomic E-state index is 0.276. The summed E-state index contributed by atoms with van der Waals surface area (Å²) in [5, 5.41) is 13.4. The fraction of sp³-hybridized carbons (Fsp3) is 0.316. The zero-order chi connectivity index (χ0) is 18.6. The van der Waals surface area contributed by atoms with Crippen molar-refractivity contribution in [2.45, 2.75) is 13.2 Å². The van der Waals surface area contributed by atoms with Crippen LogP contribution in [-0.4, -0.2) is 56.2 Å². The molecule has 1 aliphatic heterocycles. The van der Waals surface area contributed by atoms with Gasteiger partial charge in [0.1, 0.15) is 12.5 Å². The van der Waals surface area contributed by atoms with Gasteiger partial charge in [0.25, 0.3) is 0 Å². The highest BCUT2D eigenvalue weighted by Crippen LogP contribution is 2.15. The molecular weight excluding hydrogens is 367 g/mol. The Balaban J connectivity index is 1.30. The Kier molecular flexibility index (Phi) is 5.42. The number of halogens is 2. The van der Waals surface area contributed by atoms with Gasteiger partial charge >= 0.3 is 0 Å². The van der Waals surface area contributed by atoms with E-state index >= 15 is 0 Å². The fourth-order valence-electron chi connectivity index (χ4n) is 3.18. The van der Waals surface area contributed by atoms with E-state index in [0.29, 0.717) is 12.5 Å². The molecule has 2 heterocycles. The van der Waals surface area contributed by atoms with Gasteiger partial charge < -0.3 is 0 Å². The van der Waals surface area contributed by atoms with Crippen molar-refractivity contribution >= 4 is 11.6 Å². The Bertz CT molecular complexity index is 889. The van der Waals surface area contributed by atoms with E-state index in [4.69, 9.17) is 11.6 Å². The van der Waals surface area contributed by atoms with Crippen LogP contribution in [0.15, 0.2) is 48.5 Å². The summed E-state index contributed by atoms with van der Waals surface area (Å²) in [6, 6.07) is 14.1. The number of rotatable bonds is 5. The van der Waals surface area contributed by atoms with Gasteiger partial charge in [-0.1, -0.05) is 23.7 Å². The minimum Gasteiger partial charge on any atom is -0.297 e. The molecule has 0 radical (unpaired) electrons. The van der Waals surface area contributed by atoms with Gasteiger partial charge in [0.05, 0.1) is 0 Å². The fourth-order valence-corrected chi connectivity index (χ4v) is 3.39. The molecule has 0 bridgehead atoms. The molecule has 6 nitrogen and oxygen atoms in total. The third kappa shape index (κ3) is 4.68. The van der Waals surface area contributed by atoms with Gasteiger partial charge in [-0.3, -0.25) is 9.80 Å². The molecule has 0 unspecified atom stereocenters. The molecule has 140 valence electrons. The molecule has 1 saturated heterocycles. The quantitative estimate of drug-likeness (QED) is 0.674. The van der Waals surface area contributed by atoms with Crippen LogP contribution in [-0.2, 0) is 13.2 Å². The standard InChI is InChI=1S/C19H20ClFN6/c20-17-3-1-2-15(12-17)13-25-8-10-26(11-9-25)14-27-23-19(22-24-27)16-4-6-18(21)7-5-16/h1-7,12H,8-11,13-14H2. The van der Waals surface area contributed by atoms with E-state index < -0.39 is 0 Å². The Morgan fingerprint density at radius 1 is 0.963 bits per heavy atom. The number of hydrogen-bond acceptors (Lipinski definition) is 5. The van der Waals surface area contributed by atoms with E-state index in [0.717, 1.165) is 43.3 Å². The van der Waals surface area contributed by atoms with E-state index in [1.54, 1.807) is 16.9 Å². The highest BCUT2D eigenvalue weighted by atomic mass is 35.5. The zero-order valence-electron chi connectivity index (χ0n) is 14.8. The lowest BCUT2D eigenvalue weighted by atomic mass is 10.2. The number of aromatic nitrogens is 4. The lowest BCUT2D eigenvalue weighted by molar-refractivity contribution is 0.0930. The van der Waals surface area contributed by atoms with Gasteiger partial charge in [-0.15, -0.1) is 15.0 Å². The molecule has 1 aliphatic rings. The predicted octanol–water partition coefficient (Wildman–Crippen LogP) is 2.91. The monoisotopic (exact) mass is 386 g/mol. The first kappa shape index (κ1) is 18.0. The summed E-state index contributed by atoms with van der Waals surface area (Å²) in [5.74, 6) is 0.233. The maximum atomic E-state index is 13.0. The van der Waals surface area contributed by atoms with E-state index in [1.807, 2.05) is 18.2 Å². The van der Waals surface area contributed by atoms with Crippen LogP contribution >= 0.6 is 11.6 Å². The first-order chi connectivity index (χ1) is 13.2. The molecule has 0 atom stereocenters. The van der Waals surface area contributed by atoms with Gasteiger partial charge in [-0.25, -0.2) is 4.39 Å². The van der Waals surface area contributed by atoms with Crippen molar-refractivity contribution in [1.29, 1.82) is 0 Å². The topological polar surface area (TPSA) is 50.1 Å². The van der Waals surface area contributed by atoms with Crippen molar-refractivity contribution in [3.63, 3.8) is 0 Å². The highest BCUT2D eigenvalue weighted by Gasteiger charge is 2.18. The Hall–Kier alpha value is -2.35. The molecular formula is C19H20ClFN6. The second kappa shape index (κ2) is 8.12.